The number of nitriles is 1. The van der Waals surface area contributed by atoms with E-state index in [1.54, 1.807) is 13.8 Å². The average Bonchev–Trinajstić information content (AvgIpc) is 2.38. The molecule has 0 fully saturated rings. The van der Waals surface area contributed by atoms with Crippen molar-refractivity contribution in [1.82, 2.24) is 4.72 Å². The predicted octanol–water partition coefficient (Wildman–Crippen LogP) is 2.17. The third-order valence-electron chi connectivity index (χ3n) is 2.85. The molecular weight excluding hydrogens is 316 g/mol. The number of hydrogen-bond acceptors (Lipinski definition) is 4. The molecule has 0 spiro atoms. The highest BCUT2D eigenvalue weighted by Crippen LogP contribution is 2.25. The van der Waals surface area contributed by atoms with Crippen LogP contribution in [-0.2, 0) is 10.0 Å². The van der Waals surface area contributed by atoms with Gasteiger partial charge in [0.2, 0.25) is 10.0 Å². The molecule has 0 heterocycles. The van der Waals surface area contributed by atoms with Crippen LogP contribution in [0.3, 0.4) is 0 Å². The second kappa shape index (κ2) is 6.02. The second-order valence-electron chi connectivity index (χ2n) is 5.20. The number of halogens is 1. The maximum atomic E-state index is 12.3. The van der Waals surface area contributed by atoms with E-state index >= 15 is 0 Å². The van der Waals surface area contributed by atoms with E-state index in [4.69, 9.17) is 22.0 Å². The average molecular weight is 331 g/mol. The van der Waals surface area contributed by atoms with Gasteiger partial charge in [0.15, 0.2) is 0 Å². The summed E-state index contributed by atoms with van der Waals surface area (Å²) in [6, 6.07) is 4.35. The van der Waals surface area contributed by atoms with Crippen LogP contribution in [-0.4, -0.2) is 26.0 Å². The van der Waals surface area contributed by atoms with Crippen LogP contribution in [0.15, 0.2) is 17.0 Å². The molecule has 0 aliphatic rings. The maximum Gasteiger partial charge on any atom is 0.336 e. The SMILES string of the molecule is Cc1c(C(=O)O)cc(Cl)cc1S(=O)(=O)NCC(C)(C)C#N. The van der Waals surface area contributed by atoms with E-state index in [0.29, 0.717) is 0 Å². The molecule has 0 saturated carbocycles. The van der Waals surface area contributed by atoms with Crippen LogP contribution >= 0.6 is 11.6 Å². The lowest BCUT2D eigenvalue weighted by Crippen LogP contribution is -2.33. The molecule has 8 heteroatoms. The number of benzene rings is 1. The summed E-state index contributed by atoms with van der Waals surface area (Å²) in [6.07, 6.45) is 0. The molecule has 0 aromatic heterocycles. The van der Waals surface area contributed by atoms with Crippen molar-refractivity contribution in [3.63, 3.8) is 0 Å². The Labute approximate surface area is 128 Å². The summed E-state index contributed by atoms with van der Waals surface area (Å²) in [5, 5.41) is 18.0. The molecule has 6 nitrogen and oxygen atoms in total. The zero-order valence-corrected chi connectivity index (χ0v) is 13.3. The number of rotatable bonds is 5. The van der Waals surface area contributed by atoms with Crippen molar-refractivity contribution in [1.29, 1.82) is 5.26 Å². The Balaban J connectivity index is 3.27. The first kappa shape index (κ1) is 17.4. The van der Waals surface area contributed by atoms with Gasteiger partial charge in [0.05, 0.1) is 21.9 Å². The molecule has 2 N–H and O–H groups in total. The van der Waals surface area contributed by atoms with E-state index in [2.05, 4.69) is 4.72 Å². The zero-order valence-electron chi connectivity index (χ0n) is 11.8. The van der Waals surface area contributed by atoms with Gasteiger partial charge in [-0.05, 0) is 38.5 Å². The van der Waals surface area contributed by atoms with Crippen molar-refractivity contribution in [3.8, 4) is 6.07 Å². The highest BCUT2D eigenvalue weighted by molar-refractivity contribution is 7.89. The third-order valence-corrected chi connectivity index (χ3v) is 4.60. The lowest BCUT2D eigenvalue weighted by atomic mass is 9.97. The monoisotopic (exact) mass is 330 g/mol. The zero-order chi connectivity index (χ0) is 16.4. The fourth-order valence-corrected chi connectivity index (χ4v) is 3.33. The van der Waals surface area contributed by atoms with E-state index < -0.39 is 21.4 Å². The Morgan fingerprint density at radius 1 is 1.48 bits per heavy atom. The minimum atomic E-state index is -3.96. The number of hydrogen-bond donors (Lipinski definition) is 2. The van der Waals surface area contributed by atoms with Gasteiger partial charge in [-0.2, -0.15) is 5.26 Å². The Kier molecular flexibility index (Phi) is 4.99. The van der Waals surface area contributed by atoms with Gasteiger partial charge in [-0.15, -0.1) is 0 Å². The van der Waals surface area contributed by atoms with Crippen LogP contribution in [0.1, 0.15) is 29.8 Å². The van der Waals surface area contributed by atoms with E-state index in [0.717, 1.165) is 0 Å². The minimum Gasteiger partial charge on any atom is -0.478 e. The first-order valence-corrected chi connectivity index (χ1v) is 7.80. The van der Waals surface area contributed by atoms with Gasteiger partial charge in [0, 0.05) is 11.6 Å². The molecule has 114 valence electrons. The van der Waals surface area contributed by atoms with Crippen LogP contribution in [0.5, 0.6) is 0 Å². The summed E-state index contributed by atoms with van der Waals surface area (Å²) < 4.78 is 26.8. The van der Waals surface area contributed by atoms with Crippen LogP contribution in [0.4, 0.5) is 0 Å². The molecule has 0 unspecified atom stereocenters. The summed E-state index contributed by atoms with van der Waals surface area (Å²) in [6.45, 7) is 4.47. The Hall–Kier alpha value is -1.62. The van der Waals surface area contributed by atoms with Crippen LogP contribution in [0.2, 0.25) is 5.02 Å². The fraction of sp³-hybridized carbons (Fsp3) is 0.385. The summed E-state index contributed by atoms with van der Waals surface area (Å²) in [5.74, 6) is -1.26. The lowest BCUT2D eigenvalue weighted by Gasteiger charge is -2.17. The van der Waals surface area contributed by atoms with Gasteiger partial charge in [-0.3, -0.25) is 0 Å². The van der Waals surface area contributed by atoms with E-state index in [1.807, 2.05) is 6.07 Å². The quantitative estimate of drug-likeness (QED) is 0.860. The molecule has 0 radical (unpaired) electrons. The molecule has 1 rings (SSSR count). The van der Waals surface area contributed by atoms with Crippen molar-refractivity contribution in [2.75, 3.05) is 6.54 Å². The topological polar surface area (TPSA) is 107 Å². The van der Waals surface area contributed by atoms with Gasteiger partial charge in [-0.25, -0.2) is 17.9 Å². The first-order valence-electron chi connectivity index (χ1n) is 5.94. The van der Waals surface area contributed by atoms with E-state index in [9.17, 15) is 13.2 Å². The number of aromatic carboxylic acids is 1. The first-order chi connectivity index (χ1) is 9.50. The number of carboxylic acids is 1. The molecular formula is C13H15ClN2O4S. The minimum absolute atomic E-state index is 0.0120. The van der Waals surface area contributed by atoms with Crippen molar-refractivity contribution in [2.24, 2.45) is 5.41 Å². The Morgan fingerprint density at radius 3 is 2.52 bits per heavy atom. The van der Waals surface area contributed by atoms with Crippen LogP contribution in [0, 0.1) is 23.7 Å². The van der Waals surface area contributed by atoms with Gasteiger partial charge < -0.3 is 5.11 Å². The molecule has 1 aromatic carbocycles. The van der Waals surface area contributed by atoms with Crippen molar-refractivity contribution < 1.29 is 18.3 Å². The normalized spacial score (nSPS) is 12.0. The molecule has 0 bridgehead atoms. The maximum absolute atomic E-state index is 12.3. The van der Waals surface area contributed by atoms with Gasteiger partial charge in [-0.1, -0.05) is 11.6 Å². The molecule has 0 amide bonds. The number of nitrogens with one attached hydrogen (secondary N) is 1. The predicted molar refractivity (Wildman–Crippen MR) is 77.7 cm³/mol. The van der Waals surface area contributed by atoms with Crippen molar-refractivity contribution >= 4 is 27.6 Å². The van der Waals surface area contributed by atoms with Crippen molar-refractivity contribution in [2.45, 2.75) is 25.7 Å². The number of sulfonamides is 1. The molecule has 0 atom stereocenters. The van der Waals surface area contributed by atoms with Crippen LogP contribution < -0.4 is 4.72 Å². The molecule has 0 saturated heterocycles. The number of carbonyl (C=O) groups is 1. The summed E-state index contributed by atoms with van der Waals surface area (Å²) in [7, 11) is -3.96. The van der Waals surface area contributed by atoms with E-state index in [-0.39, 0.29) is 27.6 Å². The fourth-order valence-electron chi connectivity index (χ4n) is 1.55. The van der Waals surface area contributed by atoms with E-state index in [1.165, 1.54) is 19.1 Å². The lowest BCUT2D eigenvalue weighted by molar-refractivity contribution is 0.0696. The number of nitrogens with zero attached hydrogens (tertiary/aromatic N) is 1. The van der Waals surface area contributed by atoms with Gasteiger partial charge in [0.1, 0.15) is 0 Å². The Bertz CT molecular complexity index is 720. The van der Waals surface area contributed by atoms with Gasteiger partial charge >= 0.3 is 5.97 Å². The third kappa shape index (κ3) is 4.17. The summed E-state index contributed by atoms with van der Waals surface area (Å²) in [5.41, 5.74) is -0.966. The standard InChI is InChI=1S/C13H15ClN2O4S/c1-8-10(12(17)18)4-9(14)5-11(8)21(19,20)16-7-13(2,3)6-15/h4-5,16H,7H2,1-3H3,(H,17,18). The summed E-state index contributed by atoms with van der Waals surface area (Å²) >= 11 is 5.78. The highest BCUT2D eigenvalue weighted by atomic mass is 35.5. The Morgan fingerprint density at radius 2 is 2.05 bits per heavy atom. The largest absolute Gasteiger partial charge is 0.478 e. The van der Waals surface area contributed by atoms with Crippen molar-refractivity contribution in [3.05, 3.63) is 28.3 Å². The molecule has 0 aliphatic carbocycles. The smallest absolute Gasteiger partial charge is 0.336 e. The second-order valence-corrected chi connectivity index (χ2v) is 7.37. The number of carboxylic acid groups (broad SMARTS) is 1. The summed E-state index contributed by atoms with van der Waals surface area (Å²) in [4.78, 5) is 10.9. The van der Waals surface area contributed by atoms with Crippen LogP contribution in [0.25, 0.3) is 0 Å². The molecule has 21 heavy (non-hydrogen) atoms. The molecule has 1 aromatic rings. The highest BCUT2D eigenvalue weighted by Gasteiger charge is 2.25. The molecule has 0 aliphatic heterocycles. The van der Waals surface area contributed by atoms with Gasteiger partial charge in [0.25, 0.3) is 0 Å².